The van der Waals surface area contributed by atoms with Crippen molar-refractivity contribution in [1.29, 1.82) is 0 Å². The van der Waals surface area contributed by atoms with Crippen LogP contribution in [0.2, 0.25) is 0 Å². The maximum atomic E-state index is 12.5. The summed E-state index contributed by atoms with van der Waals surface area (Å²) in [5.74, 6) is 0.595. The van der Waals surface area contributed by atoms with E-state index in [1.54, 1.807) is 24.5 Å². The van der Waals surface area contributed by atoms with E-state index < -0.39 is 0 Å². The summed E-state index contributed by atoms with van der Waals surface area (Å²) in [6.45, 7) is 4.38. The summed E-state index contributed by atoms with van der Waals surface area (Å²) in [7, 11) is 0. The fourth-order valence-corrected chi connectivity index (χ4v) is 4.12. The molecule has 0 atom stereocenters. The second-order valence-electron chi connectivity index (χ2n) is 9.38. The third-order valence-electron chi connectivity index (χ3n) is 6.36. The number of allylic oxidation sites excluding steroid dienone is 10. The van der Waals surface area contributed by atoms with Gasteiger partial charge in [-0.15, -0.1) is 0 Å². The number of piperidine rings is 1. The van der Waals surface area contributed by atoms with E-state index in [1.165, 1.54) is 0 Å². The molecular formula is C32H45N3O2. The number of hydrogen-bond acceptors (Lipinski definition) is 3. The molecule has 0 unspecified atom stereocenters. The van der Waals surface area contributed by atoms with E-state index in [-0.39, 0.29) is 11.8 Å². The van der Waals surface area contributed by atoms with Gasteiger partial charge >= 0.3 is 0 Å². The first kappa shape index (κ1) is 30.0. The highest BCUT2D eigenvalue weighted by Crippen LogP contribution is 2.18. The molecule has 0 spiro atoms. The first-order valence-corrected chi connectivity index (χ1v) is 13.9. The number of carbonyl (C=O) groups excluding carboxylic acids is 2. The van der Waals surface area contributed by atoms with Crippen LogP contribution >= 0.6 is 0 Å². The van der Waals surface area contributed by atoms with E-state index in [1.807, 2.05) is 4.90 Å². The van der Waals surface area contributed by atoms with Crippen LogP contribution in [0.3, 0.4) is 0 Å². The maximum absolute atomic E-state index is 12.5. The van der Waals surface area contributed by atoms with Crippen LogP contribution < -0.4 is 5.32 Å². The number of aromatic nitrogens is 1. The molecule has 37 heavy (non-hydrogen) atoms. The van der Waals surface area contributed by atoms with Gasteiger partial charge in [-0.05, 0) is 75.8 Å². The lowest BCUT2D eigenvalue weighted by atomic mass is 9.96. The summed E-state index contributed by atoms with van der Waals surface area (Å²) < 4.78 is 0. The van der Waals surface area contributed by atoms with Crippen molar-refractivity contribution in [3.63, 3.8) is 0 Å². The molecule has 0 saturated carbocycles. The van der Waals surface area contributed by atoms with Gasteiger partial charge in [0.1, 0.15) is 0 Å². The molecular weight excluding hydrogens is 458 g/mol. The Bertz CT molecular complexity index is 907. The molecule has 2 rings (SSSR count). The molecule has 0 aliphatic carbocycles. The monoisotopic (exact) mass is 503 g/mol. The number of amides is 2. The first-order valence-electron chi connectivity index (χ1n) is 13.9. The van der Waals surface area contributed by atoms with Gasteiger partial charge in [0, 0.05) is 38.4 Å². The van der Waals surface area contributed by atoms with Crippen molar-refractivity contribution in [3.8, 4) is 0 Å². The minimum atomic E-state index is -0.0818. The van der Waals surface area contributed by atoms with E-state index >= 15 is 0 Å². The molecule has 1 saturated heterocycles. The van der Waals surface area contributed by atoms with Gasteiger partial charge in [-0.1, -0.05) is 67.7 Å². The zero-order valence-corrected chi connectivity index (χ0v) is 22.6. The average molecular weight is 504 g/mol. The first-order chi connectivity index (χ1) is 18.2. The fraction of sp³-hybridized carbons (Fsp3) is 0.469. The van der Waals surface area contributed by atoms with Gasteiger partial charge in [-0.2, -0.15) is 0 Å². The number of carbonyl (C=O) groups is 2. The van der Waals surface area contributed by atoms with E-state index in [9.17, 15) is 9.59 Å². The van der Waals surface area contributed by atoms with Crippen molar-refractivity contribution in [1.82, 2.24) is 15.2 Å². The Balaban J connectivity index is 1.46. The molecule has 5 nitrogen and oxygen atoms in total. The lowest BCUT2D eigenvalue weighted by Crippen LogP contribution is -2.41. The van der Waals surface area contributed by atoms with E-state index in [2.05, 4.69) is 78.0 Å². The Kier molecular flexibility index (Phi) is 16.2. The number of nitrogens with zero attached hydrogens (tertiary/aromatic N) is 2. The summed E-state index contributed by atoms with van der Waals surface area (Å²) >= 11 is 0. The van der Waals surface area contributed by atoms with Crippen molar-refractivity contribution < 1.29 is 9.59 Å². The van der Waals surface area contributed by atoms with Crippen molar-refractivity contribution in [3.05, 3.63) is 90.9 Å². The summed E-state index contributed by atoms with van der Waals surface area (Å²) in [6.07, 6.45) is 34.6. The minimum absolute atomic E-state index is 0.0818. The van der Waals surface area contributed by atoms with Crippen molar-refractivity contribution in [2.24, 2.45) is 5.92 Å². The molecule has 1 fully saturated rings. The van der Waals surface area contributed by atoms with Crippen LogP contribution in [-0.4, -0.2) is 41.3 Å². The molecule has 2 heterocycles. The van der Waals surface area contributed by atoms with Crippen LogP contribution in [0, 0.1) is 5.92 Å². The molecule has 1 aliphatic rings. The number of unbranched alkanes of at least 4 members (excludes halogenated alkanes) is 1. The van der Waals surface area contributed by atoms with Crippen LogP contribution in [-0.2, 0) is 4.79 Å². The molecule has 0 bridgehead atoms. The van der Waals surface area contributed by atoms with E-state index in [0.29, 0.717) is 24.4 Å². The minimum Gasteiger partial charge on any atom is -0.352 e. The normalized spacial score (nSPS) is 15.2. The van der Waals surface area contributed by atoms with Gasteiger partial charge in [-0.3, -0.25) is 14.6 Å². The summed E-state index contributed by atoms with van der Waals surface area (Å²) in [5.41, 5.74) is 0.586. The quantitative estimate of drug-likeness (QED) is 0.196. The van der Waals surface area contributed by atoms with Crippen LogP contribution in [0.25, 0.3) is 0 Å². The predicted octanol–water partition coefficient (Wildman–Crippen LogP) is 6.97. The highest BCUT2D eigenvalue weighted by atomic mass is 16.2. The van der Waals surface area contributed by atoms with E-state index in [4.69, 9.17) is 0 Å². The molecule has 1 N–H and O–H groups in total. The predicted molar refractivity (Wildman–Crippen MR) is 154 cm³/mol. The summed E-state index contributed by atoms with van der Waals surface area (Å²) in [4.78, 5) is 30.7. The van der Waals surface area contributed by atoms with Gasteiger partial charge < -0.3 is 10.2 Å². The Hall–Kier alpha value is -3.21. The number of hydrogen-bond donors (Lipinski definition) is 1. The van der Waals surface area contributed by atoms with Crippen LogP contribution in [0.4, 0.5) is 0 Å². The van der Waals surface area contributed by atoms with Crippen molar-refractivity contribution in [2.45, 2.75) is 71.1 Å². The SMILES string of the molecule is CC/C=C\CC=CCC=CC/C=C\C/C=C\CCCC(=O)N1CCC(CNC(=O)c2cccnc2)CC1. The summed E-state index contributed by atoms with van der Waals surface area (Å²) in [6, 6.07) is 3.53. The fourth-order valence-electron chi connectivity index (χ4n) is 4.12. The second kappa shape index (κ2) is 19.9. The molecule has 1 aromatic rings. The molecule has 0 radical (unpaired) electrons. The Labute approximate surface area is 224 Å². The van der Waals surface area contributed by atoms with Gasteiger partial charge in [0.25, 0.3) is 5.91 Å². The second-order valence-corrected chi connectivity index (χ2v) is 9.38. The molecule has 0 aromatic carbocycles. The Morgan fingerprint density at radius 2 is 1.51 bits per heavy atom. The molecule has 5 heteroatoms. The lowest BCUT2D eigenvalue weighted by molar-refractivity contribution is -0.132. The lowest BCUT2D eigenvalue weighted by Gasteiger charge is -2.32. The van der Waals surface area contributed by atoms with Gasteiger partial charge in [-0.25, -0.2) is 0 Å². The Morgan fingerprint density at radius 3 is 2.08 bits per heavy atom. The van der Waals surface area contributed by atoms with Crippen LogP contribution in [0.1, 0.15) is 81.5 Å². The number of rotatable bonds is 16. The van der Waals surface area contributed by atoms with Crippen LogP contribution in [0.15, 0.2) is 85.3 Å². The third-order valence-corrected chi connectivity index (χ3v) is 6.36. The zero-order valence-electron chi connectivity index (χ0n) is 22.6. The highest BCUT2D eigenvalue weighted by Gasteiger charge is 2.22. The topological polar surface area (TPSA) is 62.3 Å². The van der Waals surface area contributed by atoms with Gasteiger partial charge in [0.2, 0.25) is 5.91 Å². The summed E-state index contributed by atoms with van der Waals surface area (Å²) in [5, 5.41) is 3.00. The highest BCUT2D eigenvalue weighted by molar-refractivity contribution is 5.93. The molecule has 1 aromatic heterocycles. The Morgan fingerprint density at radius 1 is 0.919 bits per heavy atom. The van der Waals surface area contributed by atoms with E-state index in [0.717, 1.165) is 70.9 Å². The van der Waals surface area contributed by atoms with Gasteiger partial charge in [0.15, 0.2) is 0 Å². The molecule has 200 valence electrons. The number of nitrogens with one attached hydrogen (secondary N) is 1. The third kappa shape index (κ3) is 14.2. The van der Waals surface area contributed by atoms with Crippen LogP contribution in [0.5, 0.6) is 0 Å². The molecule has 1 aliphatic heterocycles. The van der Waals surface area contributed by atoms with Crippen molar-refractivity contribution in [2.75, 3.05) is 19.6 Å². The largest absolute Gasteiger partial charge is 0.352 e. The maximum Gasteiger partial charge on any atom is 0.252 e. The van der Waals surface area contributed by atoms with Gasteiger partial charge in [0.05, 0.1) is 5.56 Å². The standard InChI is InChI=1S/C32H45N3O2/c1-2-3-4-5-6-7-8-9-10-11-12-13-14-15-16-17-18-21-31(36)35-25-22-29(23-26-35)27-34-32(37)30-20-19-24-33-28-30/h3-4,6-7,9-10,12-13,15-16,19-20,24,28-29H,2,5,8,11,14,17-18,21-23,25-27H2,1H3,(H,34,37)/b4-3-,7-6?,10-9?,13-12-,16-15-. The average Bonchev–Trinajstić information content (AvgIpc) is 2.94. The number of likely N-dealkylation sites (tertiary alicyclic amines) is 1. The smallest absolute Gasteiger partial charge is 0.252 e. The zero-order chi connectivity index (χ0) is 26.4. The van der Waals surface area contributed by atoms with Crippen molar-refractivity contribution >= 4 is 11.8 Å². The molecule has 2 amide bonds. The number of pyridine rings is 1.